The lowest BCUT2D eigenvalue weighted by atomic mass is 10.1. The van der Waals surface area contributed by atoms with Crippen LogP contribution in [-0.2, 0) is 9.59 Å². The molecule has 2 aromatic rings. The molecule has 0 unspecified atom stereocenters. The summed E-state index contributed by atoms with van der Waals surface area (Å²) in [5.41, 5.74) is 4.35. The molecule has 2 heterocycles. The number of likely N-dealkylation sites (N-methyl/N-ethyl adjacent to an activating group) is 1. The molecule has 1 fully saturated rings. The van der Waals surface area contributed by atoms with Gasteiger partial charge in [0, 0.05) is 12.6 Å². The fourth-order valence-electron chi connectivity index (χ4n) is 3.01. The van der Waals surface area contributed by atoms with Crippen molar-refractivity contribution in [3.05, 3.63) is 69.6 Å². The maximum atomic E-state index is 13.0. The van der Waals surface area contributed by atoms with E-state index in [0.717, 1.165) is 16.8 Å². The Bertz CT molecular complexity index is 1100. The smallest absolute Gasteiger partial charge is 0.286 e. The molecule has 0 saturated carbocycles. The molecule has 1 saturated heterocycles. The van der Waals surface area contributed by atoms with Gasteiger partial charge in [-0.25, -0.2) is 0 Å². The Morgan fingerprint density at radius 1 is 1.07 bits per heavy atom. The number of amides is 3. The maximum Gasteiger partial charge on any atom is 0.286 e. The zero-order chi connectivity index (χ0) is 20.0. The van der Waals surface area contributed by atoms with E-state index in [2.05, 4.69) is 5.43 Å². The van der Waals surface area contributed by atoms with E-state index in [9.17, 15) is 14.4 Å². The van der Waals surface area contributed by atoms with E-state index in [1.54, 1.807) is 49.5 Å². The number of hydrogen-bond acceptors (Lipinski definition) is 5. The van der Waals surface area contributed by atoms with Gasteiger partial charge in [0.05, 0.1) is 26.8 Å². The SMILES string of the molecule is CN1C(=O)/C(=C2\SC(=S)N(NC(=O)c3ccccc3Cl)C2=O)c2ccccc21. The molecule has 3 amide bonds. The second kappa shape index (κ2) is 7.05. The van der Waals surface area contributed by atoms with Crippen LogP contribution in [0.2, 0.25) is 5.02 Å². The molecule has 0 spiro atoms. The van der Waals surface area contributed by atoms with Crippen LogP contribution >= 0.6 is 35.6 Å². The number of rotatable bonds is 2. The summed E-state index contributed by atoms with van der Waals surface area (Å²) in [6.45, 7) is 0. The second-order valence-electron chi connectivity index (χ2n) is 6.01. The first-order valence-corrected chi connectivity index (χ1v) is 9.74. The molecule has 28 heavy (non-hydrogen) atoms. The second-order valence-corrected chi connectivity index (χ2v) is 8.07. The topological polar surface area (TPSA) is 69.7 Å². The highest BCUT2D eigenvalue weighted by molar-refractivity contribution is 8.26. The normalized spacial score (nSPS) is 18.7. The van der Waals surface area contributed by atoms with Crippen molar-refractivity contribution in [1.82, 2.24) is 10.4 Å². The van der Waals surface area contributed by atoms with Crippen LogP contribution in [0.1, 0.15) is 15.9 Å². The zero-order valence-corrected chi connectivity index (χ0v) is 16.8. The minimum Gasteiger partial charge on any atom is -0.311 e. The zero-order valence-electron chi connectivity index (χ0n) is 14.4. The summed E-state index contributed by atoms with van der Waals surface area (Å²) in [7, 11) is 1.65. The number of anilines is 1. The van der Waals surface area contributed by atoms with Gasteiger partial charge >= 0.3 is 0 Å². The lowest BCUT2D eigenvalue weighted by Gasteiger charge is -2.16. The predicted molar refractivity (Wildman–Crippen MR) is 113 cm³/mol. The Morgan fingerprint density at radius 3 is 2.50 bits per heavy atom. The molecular formula is C19H12ClN3O3S2. The van der Waals surface area contributed by atoms with Gasteiger partial charge in [0.25, 0.3) is 17.7 Å². The summed E-state index contributed by atoms with van der Waals surface area (Å²) in [5, 5.41) is 1.23. The standard InChI is InChI=1S/C19H12ClN3O3S2/c1-22-13-9-5-3-7-11(13)14(17(22)25)15-18(26)23(19(27)28-15)21-16(24)10-6-2-4-8-12(10)20/h2-9H,1H3,(H,21,24)/b15-14-. The number of hydrazine groups is 1. The van der Waals surface area contributed by atoms with Crippen LogP contribution < -0.4 is 10.3 Å². The van der Waals surface area contributed by atoms with Crippen molar-refractivity contribution in [2.45, 2.75) is 0 Å². The van der Waals surface area contributed by atoms with E-state index in [0.29, 0.717) is 11.3 Å². The average Bonchev–Trinajstić information content (AvgIpc) is 3.10. The van der Waals surface area contributed by atoms with Crippen LogP contribution in [0.25, 0.3) is 5.57 Å². The van der Waals surface area contributed by atoms with E-state index in [4.69, 9.17) is 23.8 Å². The van der Waals surface area contributed by atoms with Crippen molar-refractivity contribution >= 4 is 68.9 Å². The van der Waals surface area contributed by atoms with Gasteiger partial charge in [-0.2, -0.15) is 5.01 Å². The van der Waals surface area contributed by atoms with Crippen LogP contribution in [0.5, 0.6) is 0 Å². The third-order valence-corrected chi connectivity index (χ3v) is 6.08. The number of fused-ring (bicyclic) bond motifs is 1. The molecular weight excluding hydrogens is 418 g/mol. The predicted octanol–water partition coefficient (Wildman–Crippen LogP) is 3.23. The van der Waals surface area contributed by atoms with Crippen molar-refractivity contribution in [2.24, 2.45) is 0 Å². The fraction of sp³-hybridized carbons (Fsp3) is 0.0526. The van der Waals surface area contributed by atoms with E-state index >= 15 is 0 Å². The number of nitrogens with zero attached hydrogens (tertiary/aromatic N) is 2. The summed E-state index contributed by atoms with van der Waals surface area (Å²) in [4.78, 5) is 39.9. The number of carbonyl (C=O) groups excluding carboxylic acids is 3. The number of halogens is 1. The molecule has 0 aliphatic carbocycles. The number of thiocarbonyl (C=S) groups is 1. The number of para-hydroxylation sites is 1. The molecule has 1 N–H and O–H groups in total. The van der Waals surface area contributed by atoms with E-state index in [1.165, 1.54) is 4.90 Å². The van der Waals surface area contributed by atoms with Crippen LogP contribution in [-0.4, -0.2) is 34.1 Å². The summed E-state index contributed by atoms with van der Waals surface area (Å²) in [6.07, 6.45) is 0. The van der Waals surface area contributed by atoms with Crippen LogP contribution in [0, 0.1) is 0 Å². The first-order chi connectivity index (χ1) is 13.4. The Hall–Kier alpha value is -2.68. The lowest BCUT2D eigenvalue weighted by Crippen LogP contribution is -2.45. The summed E-state index contributed by atoms with van der Waals surface area (Å²) >= 11 is 12.3. The first-order valence-electron chi connectivity index (χ1n) is 8.13. The minimum absolute atomic E-state index is 0.132. The minimum atomic E-state index is -0.566. The van der Waals surface area contributed by atoms with Crippen molar-refractivity contribution in [2.75, 3.05) is 11.9 Å². The van der Waals surface area contributed by atoms with Gasteiger partial charge in [0.2, 0.25) is 0 Å². The molecule has 140 valence electrons. The molecule has 2 aromatic carbocycles. The number of hydrogen-bond donors (Lipinski definition) is 1. The van der Waals surface area contributed by atoms with Crippen molar-refractivity contribution in [3.63, 3.8) is 0 Å². The Kier molecular flexibility index (Phi) is 4.70. The molecule has 0 radical (unpaired) electrons. The lowest BCUT2D eigenvalue weighted by molar-refractivity contribution is -0.124. The number of thioether (sulfide) groups is 1. The highest BCUT2D eigenvalue weighted by Crippen LogP contribution is 2.43. The molecule has 0 atom stereocenters. The number of carbonyl (C=O) groups is 3. The highest BCUT2D eigenvalue weighted by Gasteiger charge is 2.41. The largest absolute Gasteiger partial charge is 0.311 e. The molecule has 2 aliphatic heterocycles. The van der Waals surface area contributed by atoms with Gasteiger partial charge in [-0.3, -0.25) is 19.8 Å². The van der Waals surface area contributed by atoms with Crippen molar-refractivity contribution in [3.8, 4) is 0 Å². The maximum absolute atomic E-state index is 13.0. The van der Waals surface area contributed by atoms with Gasteiger partial charge in [0.15, 0.2) is 4.32 Å². The quantitative estimate of drug-likeness (QED) is 0.586. The molecule has 2 aliphatic rings. The average molecular weight is 430 g/mol. The van der Waals surface area contributed by atoms with Gasteiger partial charge in [-0.05, 0) is 30.4 Å². The van der Waals surface area contributed by atoms with E-state index < -0.39 is 11.8 Å². The Balaban J connectivity index is 1.69. The third-order valence-electron chi connectivity index (χ3n) is 4.38. The van der Waals surface area contributed by atoms with Gasteiger partial charge < -0.3 is 4.90 Å². The Morgan fingerprint density at radius 2 is 1.75 bits per heavy atom. The van der Waals surface area contributed by atoms with Crippen LogP contribution in [0.15, 0.2) is 53.4 Å². The first kappa shape index (κ1) is 18.7. The van der Waals surface area contributed by atoms with Gasteiger partial charge in [-0.15, -0.1) is 0 Å². The van der Waals surface area contributed by atoms with Crippen molar-refractivity contribution in [1.29, 1.82) is 0 Å². The summed E-state index contributed by atoms with van der Waals surface area (Å²) in [6, 6.07) is 13.7. The molecule has 9 heteroatoms. The van der Waals surface area contributed by atoms with Crippen molar-refractivity contribution < 1.29 is 14.4 Å². The molecule has 6 nitrogen and oxygen atoms in total. The van der Waals surface area contributed by atoms with Gasteiger partial charge in [0.1, 0.15) is 0 Å². The summed E-state index contributed by atoms with van der Waals surface area (Å²) in [5.74, 6) is -1.41. The Labute approximate surface area is 175 Å². The molecule has 0 aromatic heterocycles. The fourth-order valence-corrected chi connectivity index (χ4v) is 4.48. The van der Waals surface area contributed by atoms with Crippen LogP contribution in [0.4, 0.5) is 5.69 Å². The third kappa shape index (κ3) is 2.90. The highest BCUT2D eigenvalue weighted by atomic mass is 35.5. The summed E-state index contributed by atoms with van der Waals surface area (Å²) < 4.78 is 0.132. The monoisotopic (exact) mass is 429 g/mol. The number of nitrogens with one attached hydrogen (secondary N) is 1. The van der Waals surface area contributed by atoms with Gasteiger partial charge in [-0.1, -0.05) is 53.7 Å². The number of benzene rings is 2. The van der Waals surface area contributed by atoms with E-state index in [1.807, 2.05) is 6.07 Å². The van der Waals surface area contributed by atoms with Crippen LogP contribution in [0.3, 0.4) is 0 Å². The molecule has 4 rings (SSSR count). The molecule has 0 bridgehead atoms. The van der Waals surface area contributed by atoms with E-state index in [-0.39, 0.29) is 31.3 Å².